The van der Waals surface area contributed by atoms with Gasteiger partial charge in [-0.1, -0.05) is 0 Å². The van der Waals surface area contributed by atoms with Gasteiger partial charge in [-0.15, -0.1) is 0 Å². The number of aliphatic hydroxyl groups is 2. The van der Waals surface area contributed by atoms with E-state index in [1.165, 1.54) is 6.92 Å². The molecule has 10 heavy (non-hydrogen) atoms. The third-order valence-corrected chi connectivity index (χ3v) is 0.746. The summed E-state index contributed by atoms with van der Waals surface area (Å²) in [7, 11) is 0. The van der Waals surface area contributed by atoms with E-state index >= 15 is 0 Å². The maximum Gasteiger partial charge on any atom is 0.272 e. The van der Waals surface area contributed by atoms with Crippen LogP contribution in [0.4, 0.5) is 0 Å². The number of hydrogen-bond donors (Lipinski definition) is 3. The molecule has 5 nitrogen and oxygen atoms in total. The highest BCUT2D eigenvalue weighted by Crippen LogP contribution is 1.78. The second-order valence-electron chi connectivity index (χ2n) is 1.71. The minimum absolute atomic E-state index is 0.0263. The Morgan fingerprint density at radius 2 is 2.40 bits per heavy atom. The zero-order valence-electron chi connectivity index (χ0n) is 5.70. The Morgan fingerprint density at radius 1 is 1.80 bits per heavy atom. The Bertz CT molecular complexity index is 104. The fourth-order valence-electron chi connectivity index (χ4n) is 0.253. The molecule has 0 aromatic heterocycles. The van der Waals surface area contributed by atoms with Crippen molar-refractivity contribution in [3.8, 4) is 0 Å². The molecule has 0 radical (unpaired) electrons. The van der Waals surface area contributed by atoms with Gasteiger partial charge in [-0.05, 0) is 6.92 Å². The van der Waals surface area contributed by atoms with E-state index in [0.717, 1.165) is 0 Å². The molecular weight excluding hydrogens is 138 g/mol. The van der Waals surface area contributed by atoms with Crippen molar-refractivity contribution in [1.29, 1.82) is 0 Å². The third kappa shape index (κ3) is 4.25. The average Bonchev–Trinajstić information content (AvgIpc) is 1.88. The molecule has 0 saturated heterocycles. The number of rotatable bonds is 4. The number of carbonyl (C=O) groups is 1. The Hall–Kier alpha value is -0.650. The first kappa shape index (κ1) is 9.35. The first-order valence-corrected chi connectivity index (χ1v) is 2.89. The molecule has 3 N–H and O–H groups in total. The Labute approximate surface area is 58.6 Å². The molecule has 0 heterocycles. The first-order valence-electron chi connectivity index (χ1n) is 2.89. The molecule has 0 aliphatic heterocycles. The summed E-state index contributed by atoms with van der Waals surface area (Å²) in [6.07, 6.45) is -1.08. The molecular formula is C5H11NO4. The zero-order chi connectivity index (χ0) is 7.98. The molecule has 0 bridgehead atoms. The third-order valence-electron chi connectivity index (χ3n) is 0.746. The molecule has 5 heteroatoms. The van der Waals surface area contributed by atoms with Crippen LogP contribution < -0.4 is 5.48 Å². The molecule has 1 amide bonds. The quantitative estimate of drug-likeness (QED) is 0.332. The molecule has 0 aromatic rings. The van der Waals surface area contributed by atoms with Crippen molar-refractivity contribution >= 4 is 5.91 Å². The lowest BCUT2D eigenvalue weighted by molar-refractivity contribution is -0.142. The minimum atomic E-state index is -1.08. The number of carbonyl (C=O) groups excluding carboxylic acids is 1. The zero-order valence-corrected chi connectivity index (χ0v) is 5.70. The van der Waals surface area contributed by atoms with E-state index in [9.17, 15) is 4.79 Å². The Balaban J connectivity index is 3.22. The van der Waals surface area contributed by atoms with Crippen molar-refractivity contribution in [1.82, 2.24) is 5.48 Å². The topological polar surface area (TPSA) is 78.8 Å². The van der Waals surface area contributed by atoms with E-state index in [1.807, 2.05) is 5.48 Å². The fourth-order valence-corrected chi connectivity index (χ4v) is 0.253. The second kappa shape index (κ2) is 5.16. The van der Waals surface area contributed by atoms with Crippen molar-refractivity contribution in [2.45, 2.75) is 13.0 Å². The standard InChI is InChI=1S/C5H11NO4/c1-4(8)5(9)6-10-3-2-7/h4,7-8H,2-3H2,1H3,(H,6,9). The number of hydroxylamine groups is 1. The Morgan fingerprint density at radius 3 is 2.80 bits per heavy atom. The van der Waals surface area contributed by atoms with E-state index in [1.54, 1.807) is 0 Å². The summed E-state index contributed by atoms with van der Waals surface area (Å²) >= 11 is 0. The lowest BCUT2D eigenvalue weighted by Gasteiger charge is -2.04. The van der Waals surface area contributed by atoms with Gasteiger partial charge in [0.25, 0.3) is 5.91 Å². The van der Waals surface area contributed by atoms with Crippen LogP contribution in [0.1, 0.15) is 6.92 Å². The van der Waals surface area contributed by atoms with Crippen LogP contribution in [0.5, 0.6) is 0 Å². The minimum Gasteiger partial charge on any atom is -0.394 e. The van der Waals surface area contributed by atoms with Crippen molar-refractivity contribution in [3.63, 3.8) is 0 Å². The van der Waals surface area contributed by atoms with Crippen LogP contribution in [0.2, 0.25) is 0 Å². The van der Waals surface area contributed by atoms with Gasteiger partial charge in [0.05, 0.1) is 13.2 Å². The van der Waals surface area contributed by atoms with Gasteiger partial charge in [0.2, 0.25) is 0 Å². The van der Waals surface area contributed by atoms with Crippen molar-refractivity contribution in [3.05, 3.63) is 0 Å². The summed E-state index contributed by atoms with van der Waals surface area (Å²) in [5.74, 6) is -0.617. The van der Waals surface area contributed by atoms with Gasteiger partial charge >= 0.3 is 0 Å². The van der Waals surface area contributed by atoms with Gasteiger partial charge in [0.15, 0.2) is 0 Å². The average molecular weight is 149 g/mol. The number of aliphatic hydroxyl groups excluding tert-OH is 2. The van der Waals surface area contributed by atoms with E-state index < -0.39 is 12.0 Å². The van der Waals surface area contributed by atoms with Crippen LogP contribution in [0.3, 0.4) is 0 Å². The van der Waals surface area contributed by atoms with Crippen LogP contribution in [0.15, 0.2) is 0 Å². The maximum atomic E-state index is 10.4. The monoisotopic (exact) mass is 149 g/mol. The summed E-state index contributed by atoms with van der Waals surface area (Å²) in [4.78, 5) is 14.8. The number of amides is 1. The van der Waals surface area contributed by atoms with Gasteiger partial charge in [0, 0.05) is 0 Å². The lowest BCUT2D eigenvalue weighted by atomic mass is 10.4. The highest BCUT2D eigenvalue weighted by Gasteiger charge is 2.06. The summed E-state index contributed by atoms with van der Waals surface area (Å²) in [5.41, 5.74) is 1.93. The molecule has 0 spiro atoms. The SMILES string of the molecule is CC(O)C(=O)NOCCO. The van der Waals surface area contributed by atoms with Crippen LogP contribution >= 0.6 is 0 Å². The maximum absolute atomic E-state index is 10.4. The lowest BCUT2D eigenvalue weighted by Crippen LogP contribution is -2.33. The largest absolute Gasteiger partial charge is 0.394 e. The second-order valence-corrected chi connectivity index (χ2v) is 1.71. The molecule has 0 saturated carbocycles. The fraction of sp³-hybridized carbons (Fsp3) is 0.800. The van der Waals surface area contributed by atoms with Gasteiger partial charge < -0.3 is 10.2 Å². The molecule has 0 aliphatic rings. The van der Waals surface area contributed by atoms with E-state index in [-0.39, 0.29) is 13.2 Å². The summed E-state index contributed by atoms with van der Waals surface area (Å²) in [6, 6.07) is 0. The normalized spacial score (nSPS) is 12.7. The summed E-state index contributed by atoms with van der Waals surface area (Å²) in [5, 5.41) is 16.7. The van der Waals surface area contributed by atoms with E-state index in [4.69, 9.17) is 10.2 Å². The molecule has 0 aromatic carbocycles. The smallest absolute Gasteiger partial charge is 0.272 e. The van der Waals surface area contributed by atoms with Crippen LogP contribution in [0, 0.1) is 0 Å². The Kier molecular flexibility index (Phi) is 4.82. The van der Waals surface area contributed by atoms with Gasteiger partial charge in [-0.3, -0.25) is 9.63 Å². The molecule has 1 unspecified atom stereocenters. The molecule has 0 fully saturated rings. The first-order chi connectivity index (χ1) is 4.68. The molecule has 0 aliphatic carbocycles. The molecule has 60 valence electrons. The van der Waals surface area contributed by atoms with Crippen LogP contribution in [0.25, 0.3) is 0 Å². The van der Waals surface area contributed by atoms with Gasteiger partial charge in [-0.2, -0.15) is 0 Å². The predicted molar refractivity (Wildman–Crippen MR) is 32.9 cm³/mol. The molecule has 1 atom stereocenters. The molecule has 0 rings (SSSR count). The van der Waals surface area contributed by atoms with E-state index in [2.05, 4.69) is 4.84 Å². The van der Waals surface area contributed by atoms with Crippen molar-refractivity contribution < 1.29 is 19.8 Å². The van der Waals surface area contributed by atoms with Crippen molar-refractivity contribution in [2.75, 3.05) is 13.2 Å². The van der Waals surface area contributed by atoms with Crippen molar-refractivity contribution in [2.24, 2.45) is 0 Å². The summed E-state index contributed by atoms with van der Waals surface area (Å²) < 4.78 is 0. The predicted octanol–water partition coefficient (Wildman–Crippen LogP) is -1.59. The van der Waals surface area contributed by atoms with Gasteiger partial charge in [-0.25, -0.2) is 5.48 Å². The van der Waals surface area contributed by atoms with Gasteiger partial charge in [0.1, 0.15) is 6.10 Å². The highest BCUT2D eigenvalue weighted by atomic mass is 16.7. The number of nitrogens with one attached hydrogen (secondary N) is 1. The van der Waals surface area contributed by atoms with Crippen LogP contribution in [-0.4, -0.2) is 35.4 Å². The van der Waals surface area contributed by atoms with E-state index in [0.29, 0.717) is 0 Å². The summed E-state index contributed by atoms with van der Waals surface area (Å²) in [6.45, 7) is 1.18. The number of hydrogen-bond acceptors (Lipinski definition) is 4. The van der Waals surface area contributed by atoms with Crippen LogP contribution in [-0.2, 0) is 9.63 Å². The highest BCUT2D eigenvalue weighted by molar-refractivity contribution is 5.78.